The molecule has 3 atom stereocenters. The van der Waals surface area contributed by atoms with E-state index in [9.17, 15) is 19.2 Å². The average Bonchev–Trinajstić information content (AvgIpc) is 3.23. The Hall–Kier alpha value is -3.39. The molecule has 12 nitrogen and oxygen atoms in total. The molecule has 0 saturated carbocycles. The van der Waals surface area contributed by atoms with Gasteiger partial charge in [0, 0.05) is 25.0 Å². The van der Waals surface area contributed by atoms with Crippen molar-refractivity contribution < 1.29 is 33.5 Å². The summed E-state index contributed by atoms with van der Waals surface area (Å²) in [5, 5.41) is 7.60. The number of carbonyl (C=O) groups is 4. The van der Waals surface area contributed by atoms with Gasteiger partial charge in [0.2, 0.25) is 6.29 Å². The second-order valence-corrected chi connectivity index (χ2v) is 9.32. The molecule has 1 fully saturated rings. The predicted octanol–water partition coefficient (Wildman–Crippen LogP) is 1.15. The Morgan fingerprint density at radius 3 is 2.74 bits per heavy atom. The SMILES string of the molecule is CC/C=C\C1=C(C(=O)OC(C)OC(C)=O)N2C(=O)C(NC(=O)/C(=N\OC)c3csc(N)n3)[C@@H]2SC1. The van der Waals surface area contributed by atoms with Gasteiger partial charge in [-0.05, 0) is 12.0 Å². The normalized spacial score (nSPS) is 20.7. The number of nitrogen functional groups attached to an aromatic ring is 1. The van der Waals surface area contributed by atoms with Gasteiger partial charge >= 0.3 is 11.9 Å². The first-order valence-corrected chi connectivity index (χ1v) is 12.5. The molecule has 0 aliphatic carbocycles. The molecule has 1 aromatic rings. The van der Waals surface area contributed by atoms with Crippen molar-refractivity contribution in [3.8, 4) is 0 Å². The molecular weight excluding hydrogens is 498 g/mol. The lowest BCUT2D eigenvalue weighted by Gasteiger charge is -2.49. The molecule has 2 aliphatic rings. The van der Waals surface area contributed by atoms with Crippen molar-refractivity contribution in [2.45, 2.75) is 44.9 Å². The summed E-state index contributed by atoms with van der Waals surface area (Å²) in [4.78, 5) is 60.2. The molecule has 2 unspecified atom stereocenters. The van der Waals surface area contributed by atoms with Crippen molar-refractivity contribution in [3.63, 3.8) is 0 Å². The number of rotatable bonds is 9. The molecule has 0 bridgehead atoms. The van der Waals surface area contributed by atoms with Crippen molar-refractivity contribution in [3.05, 3.63) is 34.5 Å². The largest absolute Gasteiger partial charge is 0.426 e. The summed E-state index contributed by atoms with van der Waals surface area (Å²) in [6.07, 6.45) is 3.20. The molecule has 0 radical (unpaired) electrons. The number of esters is 2. The first kappa shape index (κ1) is 26.2. The van der Waals surface area contributed by atoms with Gasteiger partial charge in [0.05, 0.1) is 0 Å². The number of thiazole rings is 1. The number of β-lactam (4-membered cyclic amide) rings is 1. The van der Waals surface area contributed by atoms with Crippen LogP contribution in [0.3, 0.4) is 0 Å². The number of nitrogens with one attached hydrogen (secondary N) is 1. The Bertz CT molecular complexity index is 1110. The van der Waals surface area contributed by atoms with Crippen LogP contribution in [0.4, 0.5) is 5.13 Å². The van der Waals surface area contributed by atoms with Gasteiger partial charge < -0.3 is 25.4 Å². The third-order valence-corrected chi connectivity index (χ3v) is 6.78. The highest BCUT2D eigenvalue weighted by Gasteiger charge is 2.54. The van der Waals surface area contributed by atoms with E-state index in [0.717, 1.165) is 17.8 Å². The number of hydrogen-bond acceptors (Lipinski definition) is 12. The van der Waals surface area contributed by atoms with E-state index in [1.807, 2.05) is 13.0 Å². The number of oxime groups is 1. The van der Waals surface area contributed by atoms with E-state index in [0.29, 0.717) is 11.3 Å². The van der Waals surface area contributed by atoms with E-state index in [1.165, 1.54) is 37.6 Å². The number of carbonyl (C=O) groups excluding carboxylic acids is 4. The molecule has 2 amide bonds. The number of allylic oxidation sites excluding steroid dienone is 2. The number of aromatic nitrogens is 1. The van der Waals surface area contributed by atoms with Crippen molar-refractivity contribution in [2.24, 2.45) is 5.16 Å². The van der Waals surface area contributed by atoms with Crippen LogP contribution in [-0.4, -0.2) is 69.9 Å². The first-order valence-electron chi connectivity index (χ1n) is 10.5. The Balaban J connectivity index is 1.81. The Morgan fingerprint density at radius 2 is 2.14 bits per heavy atom. The minimum absolute atomic E-state index is 0.0472. The van der Waals surface area contributed by atoms with Crippen LogP contribution in [0.2, 0.25) is 0 Å². The lowest BCUT2D eigenvalue weighted by atomic mass is 10.0. The third kappa shape index (κ3) is 5.82. The van der Waals surface area contributed by atoms with Crippen molar-refractivity contribution in [1.82, 2.24) is 15.2 Å². The van der Waals surface area contributed by atoms with E-state index in [2.05, 4.69) is 15.5 Å². The van der Waals surface area contributed by atoms with Gasteiger partial charge in [-0.15, -0.1) is 23.1 Å². The molecule has 2 aliphatic heterocycles. The summed E-state index contributed by atoms with van der Waals surface area (Å²) >= 11 is 2.51. The zero-order chi connectivity index (χ0) is 25.7. The van der Waals surface area contributed by atoms with Crippen LogP contribution in [0, 0.1) is 0 Å². The topological polar surface area (TPSA) is 163 Å². The van der Waals surface area contributed by atoms with E-state index >= 15 is 0 Å². The Morgan fingerprint density at radius 1 is 1.40 bits per heavy atom. The van der Waals surface area contributed by atoms with Crippen LogP contribution in [-0.2, 0) is 33.5 Å². The lowest BCUT2D eigenvalue weighted by Crippen LogP contribution is -2.71. The molecule has 35 heavy (non-hydrogen) atoms. The van der Waals surface area contributed by atoms with Gasteiger partial charge in [-0.25, -0.2) is 9.78 Å². The Kier molecular flexibility index (Phi) is 8.51. The van der Waals surface area contributed by atoms with Crippen LogP contribution in [0.25, 0.3) is 0 Å². The number of nitrogens with two attached hydrogens (primary N) is 1. The zero-order valence-electron chi connectivity index (χ0n) is 19.5. The minimum Gasteiger partial charge on any atom is -0.426 e. The fraction of sp³-hybridized carbons (Fsp3) is 0.429. The first-order chi connectivity index (χ1) is 16.7. The zero-order valence-corrected chi connectivity index (χ0v) is 21.1. The second kappa shape index (κ2) is 11.4. The maximum atomic E-state index is 13.1. The molecule has 1 aromatic heterocycles. The summed E-state index contributed by atoms with van der Waals surface area (Å²) in [6.45, 7) is 4.53. The van der Waals surface area contributed by atoms with Gasteiger partial charge in [-0.1, -0.05) is 24.2 Å². The van der Waals surface area contributed by atoms with E-state index < -0.39 is 41.5 Å². The molecule has 1 saturated heterocycles. The summed E-state index contributed by atoms with van der Waals surface area (Å²) in [5.41, 5.74) is 6.36. The molecule has 3 heterocycles. The smallest absolute Gasteiger partial charge is 0.358 e. The number of hydrogen-bond donors (Lipinski definition) is 2. The monoisotopic (exact) mass is 523 g/mol. The van der Waals surface area contributed by atoms with Crippen LogP contribution < -0.4 is 11.1 Å². The highest BCUT2D eigenvalue weighted by molar-refractivity contribution is 8.00. The van der Waals surface area contributed by atoms with Gasteiger partial charge in [-0.3, -0.25) is 19.3 Å². The summed E-state index contributed by atoms with van der Waals surface area (Å²) in [7, 11) is 1.28. The number of fused-ring (bicyclic) bond motifs is 1. The van der Waals surface area contributed by atoms with Gasteiger partial charge in [0.1, 0.15) is 29.9 Å². The molecule has 3 rings (SSSR count). The highest BCUT2D eigenvalue weighted by atomic mass is 32.2. The van der Waals surface area contributed by atoms with Gasteiger partial charge in [0.15, 0.2) is 10.8 Å². The maximum absolute atomic E-state index is 13.1. The molecule has 14 heteroatoms. The van der Waals surface area contributed by atoms with Crippen molar-refractivity contribution in [2.75, 3.05) is 18.6 Å². The predicted molar refractivity (Wildman–Crippen MR) is 129 cm³/mol. The van der Waals surface area contributed by atoms with E-state index in [1.54, 1.807) is 11.5 Å². The number of amides is 2. The van der Waals surface area contributed by atoms with Gasteiger partial charge in [-0.2, -0.15) is 0 Å². The second-order valence-electron chi connectivity index (χ2n) is 7.32. The van der Waals surface area contributed by atoms with Gasteiger partial charge in [0.25, 0.3) is 11.8 Å². The molecular formula is C21H25N5O7S2. The van der Waals surface area contributed by atoms with Crippen molar-refractivity contribution in [1.29, 1.82) is 0 Å². The Labute approximate surface area is 209 Å². The maximum Gasteiger partial charge on any atom is 0.358 e. The summed E-state index contributed by atoms with van der Waals surface area (Å²) in [5.74, 6) is -2.20. The standard InChI is InChI=1S/C21H25N5O7S2/c1-5-6-7-12-8-34-19-15(24-17(28)14(25-31-4)13-9-35-21(22)23-13)18(29)26(19)16(12)20(30)33-11(3)32-10(2)27/h6-7,9,11,15,19H,5,8H2,1-4H3,(H2,22,23)(H,24,28)/b7-6-,25-14-/t11?,15?,19-/m0/s1. The molecule has 188 valence electrons. The molecule has 0 aromatic carbocycles. The van der Waals surface area contributed by atoms with Crippen LogP contribution in [0.5, 0.6) is 0 Å². The quantitative estimate of drug-likeness (QED) is 0.158. The van der Waals surface area contributed by atoms with Crippen molar-refractivity contribution >= 4 is 57.7 Å². The lowest BCUT2D eigenvalue weighted by molar-refractivity contribution is -0.182. The fourth-order valence-electron chi connectivity index (χ4n) is 3.39. The van der Waals surface area contributed by atoms with E-state index in [4.69, 9.17) is 20.0 Å². The number of nitrogens with zero attached hydrogens (tertiary/aromatic N) is 3. The highest BCUT2D eigenvalue weighted by Crippen LogP contribution is 2.41. The summed E-state index contributed by atoms with van der Waals surface area (Å²) in [6, 6.07) is -0.920. The number of thioether (sulfide) groups is 1. The summed E-state index contributed by atoms with van der Waals surface area (Å²) < 4.78 is 10.1. The third-order valence-electron chi connectivity index (χ3n) is 4.80. The minimum atomic E-state index is -1.14. The number of ether oxygens (including phenoxy) is 2. The van der Waals surface area contributed by atoms with Crippen LogP contribution >= 0.6 is 23.1 Å². The van der Waals surface area contributed by atoms with Crippen LogP contribution in [0.15, 0.2) is 34.0 Å². The van der Waals surface area contributed by atoms with Crippen LogP contribution in [0.1, 0.15) is 32.9 Å². The fourth-order valence-corrected chi connectivity index (χ4v) is 5.25. The van der Waals surface area contributed by atoms with E-state index in [-0.39, 0.29) is 22.2 Å². The molecule has 3 N–H and O–H groups in total. The number of anilines is 1. The average molecular weight is 524 g/mol. The molecule has 0 spiro atoms.